The normalized spacial score (nSPS) is 11.9. The van der Waals surface area contributed by atoms with Gasteiger partial charge >= 0.3 is 12.5 Å². The number of H-pyrrole nitrogens is 1. The van der Waals surface area contributed by atoms with Crippen molar-refractivity contribution in [1.82, 2.24) is 25.4 Å². The molecule has 7 nitrogen and oxygen atoms in total. The van der Waals surface area contributed by atoms with E-state index in [1.165, 1.54) is 0 Å². The van der Waals surface area contributed by atoms with Crippen LogP contribution in [0.15, 0.2) is 30.5 Å². The molecule has 0 radical (unpaired) electrons. The fourth-order valence-corrected chi connectivity index (χ4v) is 2.22. The van der Waals surface area contributed by atoms with E-state index in [2.05, 4.69) is 30.1 Å². The second-order valence-corrected chi connectivity index (χ2v) is 5.20. The van der Waals surface area contributed by atoms with Gasteiger partial charge in [0, 0.05) is 17.3 Å². The molecule has 0 unspecified atom stereocenters. The topological polar surface area (TPSA) is 100 Å². The summed E-state index contributed by atoms with van der Waals surface area (Å²) in [6.45, 7) is 0. The maximum atomic E-state index is 12.9. The minimum Gasteiger partial charge on any atom is -0.406 e. The zero-order valence-electron chi connectivity index (χ0n) is 13.3. The summed E-state index contributed by atoms with van der Waals surface area (Å²) < 4.78 is 80.3. The average molecular weight is 400 g/mol. The van der Waals surface area contributed by atoms with Gasteiger partial charge in [0.25, 0.3) is 0 Å². The first kappa shape index (κ1) is 19.1. The smallest absolute Gasteiger partial charge is 0.406 e. The Hall–Kier alpha value is -3.69. The van der Waals surface area contributed by atoms with Crippen molar-refractivity contribution in [2.45, 2.75) is 12.5 Å². The van der Waals surface area contributed by atoms with E-state index in [1.807, 2.05) is 0 Å². The number of rotatable bonds is 3. The molecule has 3 aromatic rings. The van der Waals surface area contributed by atoms with Gasteiger partial charge in [-0.1, -0.05) is 5.21 Å². The molecule has 13 heteroatoms. The number of nitrogens with zero attached hydrogens (tertiary/aromatic N) is 5. The number of alkyl halides is 6. The lowest BCUT2D eigenvalue weighted by Crippen LogP contribution is -2.17. The fourth-order valence-electron chi connectivity index (χ4n) is 2.22. The van der Waals surface area contributed by atoms with Crippen LogP contribution in [0.4, 0.5) is 26.3 Å². The number of hydrogen-bond donors (Lipinski definition) is 1. The zero-order chi connectivity index (χ0) is 20.5. The molecule has 0 atom stereocenters. The number of nitrogens with one attached hydrogen (secondary N) is 1. The molecule has 0 aliphatic carbocycles. The van der Waals surface area contributed by atoms with Crippen LogP contribution in [0.25, 0.3) is 22.6 Å². The Kier molecular flexibility index (Phi) is 4.63. The van der Waals surface area contributed by atoms with Crippen molar-refractivity contribution in [2.75, 3.05) is 0 Å². The molecule has 0 fully saturated rings. The second-order valence-electron chi connectivity index (χ2n) is 5.20. The summed E-state index contributed by atoms with van der Waals surface area (Å²) in [7, 11) is 0. The molecule has 0 amide bonds. The van der Waals surface area contributed by atoms with Crippen molar-refractivity contribution >= 4 is 0 Å². The highest BCUT2D eigenvalue weighted by atomic mass is 19.4. The highest BCUT2D eigenvalue weighted by Crippen LogP contribution is 2.34. The van der Waals surface area contributed by atoms with Gasteiger partial charge < -0.3 is 4.74 Å². The predicted octanol–water partition coefficient (Wildman–Crippen LogP) is 3.72. The van der Waals surface area contributed by atoms with E-state index < -0.39 is 29.8 Å². The Morgan fingerprint density at radius 2 is 1.75 bits per heavy atom. The predicted molar refractivity (Wildman–Crippen MR) is 79.2 cm³/mol. The van der Waals surface area contributed by atoms with Gasteiger partial charge in [-0.2, -0.15) is 18.4 Å². The number of halogens is 6. The molecule has 28 heavy (non-hydrogen) atoms. The molecule has 0 aliphatic rings. The largest absolute Gasteiger partial charge is 0.573 e. The molecule has 0 aliphatic heterocycles. The van der Waals surface area contributed by atoms with E-state index in [-0.39, 0.29) is 22.5 Å². The van der Waals surface area contributed by atoms with Crippen molar-refractivity contribution in [2.24, 2.45) is 0 Å². The van der Waals surface area contributed by atoms with Gasteiger partial charge in [0.05, 0.1) is 0 Å². The minimum atomic E-state index is -5.06. The number of aromatic amines is 1. The lowest BCUT2D eigenvalue weighted by Gasteiger charge is -2.12. The third kappa shape index (κ3) is 4.17. The van der Waals surface area contributed by atoms with Gasteiger partial charge in [0.2, 0.25) is 0 Å². The van der Waals surface area contributed by atoms with Crippen LogP contribution in [-0.2, 0) is 6.18 Å². The number of hydrogen-bond acceptors (Lipinski definition) is 6. The SMILES string of the molecule is N#Cc1[nH]nnc1-c1cc(OC(F)(F)F)cc(-c2nccc(C(F)(F)F)n2)c1. The average Bonchev–Trinajstić information content (AvgIpc) is 3.08. The molecule has 3 rings (SSSR count). The number of benzene rings is 1. The van der Waals surface area contributed by atoms with Crippen LogP contribution in [0.1, 0.15) is 11.4 Å². The van der Waals surface area contributed by atoms with E-state index in [1.54, 1.807) is 6.07 Å². The van der Waals surface area contributed by atoms with Crippen LogP contribution in [-0.4, -0.2) is 31.7 Å². The maximum absolute atomic E-state index is 12.9. The fraction of sp³-hybridized carbons (Fsp3) is 0.133. The van der Waals surface area contributed by atoms with Crippen LogP contribution in [0.5, 0.6) is 5.75 Å². The van der Waals surface area contributed by atoms with Crippen molar-refractivity contribution in [3.05, 3.63) is 41.9 Å². The summed E-state index contributed by atoms with van der Waals surface area (Å²) in [4.78, 5) is 7.00. The second kappa shape index (κ2) is 6.80. The molecule has 1 N–H and O–H groups in total. The molecule has 0 bridgehead atoms. The van der Waals surface area contributed by atoms with Crippen LogP contribution < -0.4 is 4.74 Å². The van der Waals surface area contributed by atoms with E-state index in [4.69, 9.17) is 5.26 Å². The highest BCUT2D eigenvalue weighted by Gasteiger charge is 2.34. The van der Waals surface area contributed by atoms with Crippen LogP contribution in [0.2, 0.25) is 0 Å². The third-order valence-electron chi connectivity index (χ3n) is 3.28. The summed E-state index contributed by atoms with van der Waals surface area (Å²) >= 11 is 0. The molecule has 0 saturated carbocycles. The summed E-state index contributed by atoms with van der Waals surface area (Å²) in [6, 6.07) is 5.21. The number of nitriles is 1. The zero-order valence-corrected chi connectivity index (χ0v) is 13.3. The number of ether oxygens (including phenoxy) is 1. The van der Waals surface area contributed by atoms with Crippen LogP contribution in [0.3, 0.4) is 0 Å². The van der Waals surface area contributed by atoms with Gasteiger partial charge in [0.1, 0.15) is 23.2 Å². The molecule has 1 aromatic carbocycles. The van der Waals surface area contributed by atoms with Crippen molar-refractivity contribution in [1.29, 1.82) is 5.26 Å². The van der Waals surface area contributed by atoms with Gasteiger partial charge in [-0.3, -0.25) is 0 Å². The van der Waals surface area contributed by atoms with Crippen molar-refractivity contribution in [3.63, 3.8) is 0 Å². The summed E-state index contributed by atoms with van der Waals surface area (Å²) in [5.41, 5.74) is -1.85. The minimum absolute atomic E-state index is 0.0666. The first-order chi connectivity index (χ1) is 13.1. The molecule has 0 spiro atoms. The Morgan fingerprint density at radius 3 is 2.39 bits per heavy atom. The van der Waals surface area contributed by atoms with Crippen molar-refractivity contribution < 1.29 is 31.1 Å². The van der Waals surface area contributed by atoms with E-state index in [0.717, 1.165) is 24.4 Å². The third-order valence-corrected chi connectivity index (χ3v) is 3.28. The van der Waals surface area contributed by atoms with Gasteiger partial charge in [0.15, 0.2) is 11.5 Å². The van der Waals surface area contributed by atoms with E-state index in [9.17, 15) is 26.3 Å². The first-order valence-corrected chi connectivity index (χ1v) is 7.20. The number of aromatic nitrogens is 5. The van der Waals surface area contributed by atoms with E-state index in [0.29, 0.717) is 6.07 Å². The Bertz CT molecular complexity index is 1050. The first-order valence-electron chi connectivity index (χ1n) is 7.20. The Morgan fingerprint density at radius 1 is 1.04 bits per heavy atom. The lowest BCUT2D eigenvalue weighted by atomic mass is 10.1. The lowest BCUT2D eigenvalue weighted by molar-refractivity contribution is -0.274. The molecule has 2 aromatic heterocycles. The maximum Gasteiger partial charge on any atom is 0.573 e. The van der Waals surface area contributed by atoms with Gasteiger partial charge in [-0.05, 0) is 24.3 Å². The Labute approximate surface area is 151 Å². The highest BCUT2D eigenvalue weighted by molar-refractivity contribution is 5.72. The molecular weight excluding hydrogens is 394 g/mol. The van der Waals surface area contributed by atoms with Gasteiger partial charge in [-0.15, -0.1) is 18.3 Å². The monoisotopic (exact) mass is 400 g/mol. The molecular formula is C15H6F6N6O. The van der Waals surface area contributed by atoms with E-state index >= 15 is 0 Å². The van der Waals surface area contributed by atoms with Crippen LogP contribution >= 0.6 is 0 Å². The summed E-state index contributed by atoms with van der Waals surface area (Å²) in [5, 5.41) is 18.2. The summed E-state index contributed by atoms with van der Waals surface area (Å²) in [5.74, 6) is -1.25. The Balaban J connectivity index is 2.17. The molecule has 144 valence electrons. The van der Waals surface area contributed by atoms with Gasteiger partial charge in [-0.25, -0.2) is 15.1 Å². The summed E-state index contributed by atoms with van der Waals surface area (Å²) in [6.07, 6.45) is -9.02. The van der Waals surface area contributed by atoms with Crippen molar-refractivity contribution in [3.8, 4) is 34.5 Å². The molecule has 2 heterocycles. The standard InChI is InChI=1S/C15H6F6N6O/c16-14(17,18)11-1-2-23-13(24-11)8-3-7(12-10(6-22)25-27-26-12)4-9(5-8)28-15(19,20)21/h1-5H,(H,25,26,27). The van der Waals surface area contributed by atoms with Crippen LogP contribution in [0, 0.1) is 11.3 Å². The quantitative estimate of drug-likeness (QED) is 0.673. The molecule has 0 saturated heterocycles.